The molecule has 0 saturated carbocycles. The van der Waals surface area contributed by atoms with E-state index in [1.165, 1.54) is 35.6 Å². The van der Waals surface area contributed by atoms with Crippen LogP contribution in [-0.2, 0) is 22.4 Å². The van der Waals surface area contributed by atoms with E-state index in [9.17, 15) is 4.79 Å². The second kappa shape index (κ2) is 6.51. The molecule has 0 radical (unpaired) electrons. The number of carbonyl (C=O) groups is 1. The highest BCUT2D eigenvalue weighted by Gasteiger charge is 2.50. The van der Waals surface area contributed by atoms with Gasteiger partial charge in [-0.15, -0.1) is 0 Å². The van der Waals surface area contributed by atoms with E-state index in [0.717, 1.165) is 25.7 Å². The lowest BCUT2D eigenvalue weighted by Crippen LogP contribution is -2.33. The summed E-state index contributed by atoms with van der Waals surface area (Å²) >= 11 is 0. The summed E-state index contributed by atoms with van der Waals surface area (Å²) in [5.41, 5.74) is 5.13. The standard InChI is InChI=1S/C23H24O2/c1-17(24)25-22-21-14-8-5-11-19(21)16-23(22,20-12-6-7-13-20)15-18-9-3-2-4-10-18/h2-5,8-12,14,22H,6-7,13,15-16H2,1H3. The van der Waals surface area contributed by atoms with Crippen molar-refractivity contribution >= 4 is 5.97 Å². The maximum atomic E-state index is 11.9. The van der Waals surface area contributed by atoms with Gasteiger partial charge < -0.3 is 4.74 Å². The van der Waals surface area contributed by atoms with Gasteiger partial charge in [-0.05, 0) is 48.8 Å². The minimum Gasteiger partial charge on any atom is -0.457 e. The van der Waals surface area contributed by atoms with Gasteiger partial charge in [-0.2, -0.15) is 0 Å². The van der Waals surface area contributed by atoms with E-state index in [4.69, 9.17) is 4.74 Å². The van der Waals surface area contributed by atoms with Crippen LogP contribution in [-0.4, -0.2) is 5.97 Å². The summed E-state index contributed by atoms with van der Waals surface area (Å²) in [6.07, 6.45) is 7.51. The molecule has 2 aromatic rings. The Balaban J connectivity index is 1.83. The van der Waals surface area contributed by atoms with Crippen LogP contribution in [0.15, 0.2) is 66.2 Å². The second-order valence-electron chi connectivity index (χ2n) is 7.31. The fourth-order valence-corrected chi connectivity index (χ4v) is 4.66. The number of benzene rings is 2. The van der Waals surface area contributed by atoms with E-state index < -0.39 is 0 Å². The second-order valence-corrected chi connectivity index (χ2v) is 7.31. The third kappa shape index (κ3) is 2.90. The van der Waals surface area contributed by atoms with E-state index >= 15 is 0 Å². The third-order valence-corrected chi connectivity index (χ3v) is 5.67. The van der Waals surface area contributed by atoms with Crippen LogP contribution < -0.4 is 0 Å². The predicted molar refractivity (Wildman–Crippen MR) is 99.2 cm³/mol. The topological polar surface area (TPSA) is 26.3 Å². The van der Waals surface area contributed by atoms with Crippen molar-refractivity contribution in [3.63, 3.8) is 0 Å². The average molecular weight is 332 g/mol. The molecule has 2 aromatic carbocycles. The van der Waals surface area contributed by atoms with Crippen LogP contribution in [0.3, 0.4) is 0 Å². The number of hydrogen-bond donors (Lipinski definition) is 0. The van der Waals surface area contributed by atoms with Gasteiger partial charge in [-0.3, -0.25) is 4.79 Å². The highest BCUT2D eigenvalue weighted by molar-refractivity contribution is 5.67. The van der Waals surface area contributed by atoms with Crippen molar-refractivity contribution in [1.82, 2.24) is 0 Å². The highest BCUT2D eigenvalue weighted by atomic mass is 16.5. The molecule has 2 atom stereocenters. The van der Waals surface area contributed by atoms with Gasteiger partial charge in [0.05, 0.1) is 0 Å². The van der Waals surface area contributed by atoms with Crippen molar-refractivity contribution in [3.8, 4) is 0 Å². The Kier molecular flexibility index (Phi) is 4.20. The van der Waals surface area contributed by atoms with Crippen LogP contribution in [0.2, 0.25) is 0 Å². The Bertz CT molecular complexity index is 806. The third-order valence-electron chi connectivity index (χ3n) is 5.67. The molecule has 128 valence electrons. The van der Waals surface area contributed by atoms with Crippen LogP contribution in [0, 0.1) is 5.41 Å². The van der Waals surface area contributed by atoms with Crippen molar-refractivity contribution in [2.75, 3.05) is 0 Å². The van der Waals surface area contributed by atoms with Crippen LogP contribution in [0.25, 0.3) is 0 Å². The van der Waals surface area contributed by atoms with E-state index in [1.807, 2.05) is 0 Å². The van der Waals surface area contributed by atoms with Crippen molar-refractivity contribution in [3.05, 3.63) is 82.9 Å². The minimum absolute atomic E-state index is 0.146. The lowest BCUT2D eigenvalue weighted by molar-refractivity contribution is -0.152. The average Bonchev–Trinajstić information content (AvgIpc) is 3.24. The summed E-state index contributed by atoms with van der Waals surface area (Å²) in [5, 5.41) is 0. The molecular formula is C23H24O2. The summed E-state index contributed by atoms with van der Waals surface area (Å²) in [4.78, 5) is 11.9. The number of allylic oxidation sites excluding steroid dienone is 1. The maximum absolute atomic E-state index is 11.9. The zero-order valence-corrected chi connectivity index (χ0v) is 14.7. The van der Waals surface area contributed by atoms with Crippen LogP contribution in [0.5, 0.6) is 0 Å². The van der Waals surface area contributed by atoms with Crippen LogP contribution in [0.4, 0.5) is 0 Å². The van der Waals surface area contributed by atoms with Crippen molar-refractivity contribution in [1.29, 1.82) is 0 Å². The molecule has 0 fully saturated rings. The number of rotatable bonds is 4. The van der Waals surface area contributed by atoms with Gasteiger partial charge in [-0.1, -0.05) is 66.2 Å². The molecule has 2 nitrogen and oxygen atoms in total. The quantitative estimate of drug-likeness (QED) is 0.569. The van der Waals surface area contributed by atoms with Gasteiger partial charge in [0.2, 0.25) is 0 Å². The molecule has 0 heterocycles. The number of ether oxygens (including phenoxy) is 1. The number of fused-ring (bicyclic) bond motifs is 1. The predicted octanol–water partition coefficient (Wildman–Crippen LogP) is 5.19. The first kappa shape index (κ1) is 16.1. The number of hydrogen-bond acceptors (Lipinski definition) is 2. The van der Waals surface area contributed by atoms with E-state index in [1.54, 1.807) is 0 Å². The molecule has 0 spiro atoms. The smallest absolute Gasteiger partial charge is 0.303 e. The molecule has 2 heteroatoms. The zero-order valence-electron chi connectivity index (χ0n) is 14.7. The SMILES string of the molecule is CC(=O)OC1c2ccccc2CC1(Cc1ccccc1)C1=CCCC1. The van der Waals surface area contributed by atoms with E-state index in [-0.39, 0.29) is 17.5 Å². The summed E-state index contributed by atoms with van der Waals surface area (Å²) in [7, 11) is 0. The first-order chi connectivity index (χ1) is 12.2. The fraction of sp³-hybridized carbons (Fsp3) is 0.348. The van der Waals surface area contributed by atoms with E-state index in [2.05, 4.69) is 60.7 Å². The summed E-state index contributed by atoms with van der Waals surface area (Å²) in [6.45, 7) is 1.53. The monoisotopic (exact) mass is 332 g/mol. The normalized spacial score (nSPS) is 24.7. The minimum atomic E-state index is -0.197. The Morgan fingerprint density at radius 3 is 2.60 bits per heavy atom. The maximum Gasteiger partial charge on any atom is 0.303 e. The Morgan fingerprint density at radius 2 is 1.88 bits per heavy atom. The molecule has 0 aliphatic heterocycles. The van der Waals surface area contributed by atoms with Gasteiger partial charge in [0.1, 0.15) is 6.10 Å². The van der Waals surface area contributed by atoms with Crippen molar-refractivity contribution in [2.45, 2.75) is 45.1 Å². The molecule has 2 aliphatic carbocycles. The van der Waals surface area contributed by atoms with Crippen LogP contribution in [0.1, 0.15) is 49.0 Å². The number of carbonyl (C=O) groups excluding carboxylic acids is 1. The summed E-state index contributed by atoms with van der Waals surface area (Å²) < 4.78 is 5.96. The molecule has 0 aromatic heterocycles. The largest absolute Gasteiger partial charge is 0.457 e. The molecule has 0 saturated heterocycles. The Labute approximate surface area is 149 Å². The molecular weight excluding hydrogens is 308 g/mol. The molecule has 2 unspecified atom stereocenters. The summed E-state index contributed by atoms with van der Waals surface area (Å²) in [5.74, 6) is -0.197. The van der Waals surface area contributed by atoms with Gasteiger partial charge in [0, 0.05) is 12.3 Å². The van der Waals surface area contributed by atoms with Crippen molar-refractivity contribution in [2.24, 2.45) is 5.41 Å². The van der Waals surface area contributed by atoms with Gasteiger partial charge in [0.15, 0.2) is 0 Å². The van der Waals surface area contributed by atoms with Crippen molar-refractivity contribution < 1.29 is 9.53 Å². The molecule has 25 heavy (non-hydrogen) atoms. The zero-order chi connectivity index (χ0) is 17.3. The molecule has 4 rings (SSSR count). The van der Waals surface area contributed by atoms with E-state index in [0.29, 0.717) is 0 Å². The highest BCUT2D eigenvalue weighted by Crippen LogP contribution is 2.56. The number of esters is 1. The molecule has 0 N–H and O–H groups in total. The van der Waals surface area contributed by atoms with Gasteiger partial charge in [0.25, 0.3) is 0 Å². The molecule has 0 amide bonds. The Hall–Kier alpha value is -2.35. The summed E-state index contributed by atoms with van der Waals surface area (Å²) in [6, 6.07) is 19.1. The molecule has 0 bridgehead atoms. The lowest BCUT2D eigenvalue weighted by Gasteiger charge is -2.37. The lowest BCUT2D eigenvalue weighted by atomic mass is 9.70. The fourth-order valence-electron chi connectivity index (χ4n) is 4.66. The van der Waals surface area contributed by atoms with Crippen LogP contribution >= 0.6 is 0 Å². The first-order valence-corrected chi connectivity index (χ1v) is 9.17. The first-order valence-electron chi connectivity index (χ1n) is 9.17. The van der Waals surface area contributed by atoms with Gasteiger partial charge in [-0.25, -0.2) is 0 Å². The Morgan fingerprint density at radius 1 is 1.12 bits per heavy atom. The van der Waals surface area contributed by atoms with Gasteiger partial charge >= 0.3 is 5.97 Å². The molecule has 2 aliphatic rings.